The standard InChI is InChI=1S/C24H25ClN4O5/c1-27-24(31)16-10-15-17(11-19(16)33-8-7-32-2)28-6-5-18(15)34-20-9-13(12-30)23(21(25)22(20)26)29-14-3-4-14/h5-6,9-12,14,29H,3-4,7-8,26H2,1-2H3,(H,27,31). The summed E-state index contributed by atoms with van der Waals surface area (Å²) in [5.41, 5.74) is 8.17. The number of amides is 1. The molecule has 0 spiro atoms. The highest BCUT2D eigenvalue weighted by molar-refractivity contribution is 6.36. The van der Waals surface area contributed by atoms with E-state index in [0.29, 0.717) is 52.1 Å². The van der Waals surface area contributed by atoms with Crippen molar-refractivity contribution in [3.8, 4) is 17.2 Å². The Labute approximate surface area is 201 Å². The van der Waals surface area contributed by atoms with E-state index < -0.39 is 0 Å². The number of pyridine rings is 1. The molecule has 1 fully saturated rings. The van der Waals surface area contributed by atoms with Gasteiger partial charge in [-0.25, -0.2) is 0 Å². The monoisotopic (exact) mass is 484 g/mol. The molecule has 4 rings (SSSR count). The van der Waals surface area contributed by atoms with E-state index in [9.17, 15) is 9.59 Å². The number of ether oxygens (including phenoxy) is 3. The number of halogens is 1. The van der Waals surface area contributed by atoms with Gasteiger partial charge in [-0.05, 0) is 31.0 Å². The van der Waals surface area contributed by atoms with Crippen LogP contribution >= 0.6 is 11.6 Å². The molecular formula is C24H25ClN4O5. The molecule has 4 N–H and O–H groups in total. The van der Waals surface area contributed by atoms with Gasteiger partial charge in [0.1, 0.15) is 18.1 Å². The highest BCUT2D eigenvalue weighted by Gasteiger charge is 2.25. The zero-order valence-electron chi connectivity index (χ0n) is 18.8. The molecule has 1 saturated carbocycles. The summed E-state index contributed by atoms with van der Waals surface area (Å²) in [5.74, 6) is 0.657. The van der Waals surface area contributed by atoms with Gasteiger partial charge in [-0.15, -0.1) is 0 Å². The molecule has 0 atom stereocenters. The summed E-state index contributed by atoms with van der Waals surface area (Å²) in [7, 11) is 3.10. The number of nitrogen functional groups attached to an aromatic ring is 1. The minimum absolute atomic E-state index is 0.200. The lowest BCUT2D eigenvalue weighted by atomic mass is 10.1. The highest BCUT2D eigenvalue weighted by atomic mass is 35.5. The van der Waals surface area contributed by atoms with Gasteiger partial charge in [-0.3, -0.25) is 14.6 Å². The molecule has 1 amide bonds. The van der Waals surface area contributed by atoms with Crippen LogP contribution in [-0.2, 0) is 4.74 Å². The van der Waals surface area contributed by atoms with Crippen molar-refractivity contribution in [2.45, 2.75) is 18.9 Å². The van der Waals surface area contributed by atoms with Crippen molar-refractivity contribution in [3.63, 3.8) is 0 Å². The molecule has 0 radical (unpaired) electrons. The number of nitrogens with zero attached hydrogens (tertiary/aromatic N) is 1. The maximum atomic E-state index is 12.5. The molecular weight excluding hydrogens is 460 g/mol. The Hall–Kier alpha value is -3.56. The first kappa shape index (κ1) is 23.6. The van der Waals surface area contributed by atoms with Gasteiger partial charge in [0.2, 0.25) is 0 Å². The fraction of sp³-hybridized carbons (Fsp3) is 0.292. The number of aldehydes is 1. The van der Waals surface area contributed by atoms with Crippen LogP contribution in [0.5, 0.6) is 17.2 Å². The minimum Gasteiger partial charge on any atom is -0.490 e. The number of fused-ring (bicyclic) bond motifs is 1. The number of nitrogens with two attached hydrogens (primary N) is 1. The Morgan fingerprint density at radius 1 is 1.24 bits per heavy atom. The number of anilines is 2. The quantitative estimate of drug-likeness (QED) is 0.224. The van der Waals surface area contributed by atoms with E-state index in [1.54, 1.807) is 37.6 Å². The van der Waals surface area contributed by atoms with Gasteiger partial charge in [0, 0.05) is 43.4 Å². The molecule has 178 valence electrons. The summed E-state index contributed by atoms with van der Waals surface area (Å²) in [4.78, 5) is 28.6. The van der Waals surface area contributed by atoms with Gasteiger partial charge in [0.15, 0.2) is 12.0 Å². The number of methoxy groups -OCH3 is 1. The molecule has 0 unspecified atom stereocenters. The lowest BCUT2D eigenvalue weighted by Crippen LogP contribution is -2.19. The molecule has 2 aromatic carbocycles. The molecule has 1 heterocycles. The minimum atomic E-state index is -0.328. The predicted molar refractivity (Wildman–Crippen MR) is 130 cm³/mol. The van der Waals surface area contributed by atoms with Crippen LogP contribution < -0.4 is 25.8 Å². The highest BCUT2D eigenvalue weighted by Crippen LogP contribution is 2.43. The molecule has 3 aromatic rings. The van der Waals surface area contributed by atoms with Crippen molar-refractivity contribution in [1.82, 2.24) is 10.3 Å². The zero-order chi connectivity index (χ0) is 24.2. The fourth-order valence-electron chi connectivity index (χ4n) is 3.44. The van der Waals surface area contributed by atoms with Gasteiger partial charge in [0.25, 0.3) is 5.91 Å². The Morgan fingerprint density at radius 2 is 2.03 bits per heavy atom. The SMILES string of the molecule is CNC(=O)c1cc2c(Oc3cc(C=O)c(NC4CC4)c(Cl)c3N)ccnc2cc1OCCOC. The van der Waals surface area contributed by atoms with Gasteiger partial charge in [0.05, 0.1) is 34.1 Å². The van der Waals surface area contributed by atoms with Crippen LogP contribution in [0.1, 0.15) is 33.6 Å². The Balaban J connectivity index is 1.75. The largest absolute Gasteiger partial charge is 0.490 e. The number of nitrogens with one attached hydrogen (secondary N) is 2. The molecule has 0 aliphatic heterocycles. The van der Waals surface area contributed by atoms with Gasteiger partial charge in [-0.1, -0.05) is 11.6 Å². The van der Waals surface area contributed by atoms with Crippen molar-refractivity contribution in [1.29, 1.82) is 0 Å². The number of hydrogen-bond acceptors (Lipinski definition) is 8. The molecule has 0 bridgehead atoms. The third-order valence-electron chi connectivity index (χ3n) is 5.39. The summed E-state index contributed by atoms with van der Waals surface area (Å²) < 4.78 is 16.9. The molecule has 1 aliphatic carbocycles. The lowest BCUT2D eigenvalue weighted by Gasteiger charge is -2.17. The normalized spacial score (nSPS) is 12.9. The first-order valence-corrected chi connectivity index (χ1v) is 11.1. The zero-order valence-corrected chi connectivity index (χ0v) is 19.6. The second kappa shape index (κ2) is 10.1. The van der Waals surface area contributed by atoms with Crippen LogP contribution in [0.2, 0.25) is 5.02 Å². The summed E-state index contributed by atoms with van der Waals surface area (Å²) >= 11 is 6.49. The van der Waals surface area contributed by atoms with Crippen LogP contribution in [0.15, 0.2) is 30.5 Å². The number of rotatable bonds is 10. The lowest BCUT2D eigenvalue weighted by molar-refractivity contribution is 0.0955. The number of aromatic nitrogens is 1. The van der Waals surface area contributed by atoms with Crippen LogP contribution in [0.4, 0.5) is 11.4 Å². The number of carbonyl (C=O) groups excluding carboxylic acids is 2. The second-order valence-corrected chi connectivity index (χ2v) is 8.18. The first-order valence-electron chi connectivity index (χ1n) is 10.7. The number of benzene rings is 2. The summed E-state index contributed by atoms with van der Waals surface area (Å²) in [6.07, 6.45) is 4.31. The van der Waals surface area contributed by atoms with Crippen LogP contribution in [0.3, 0.4) is 0 Å². The van der Waals surface area contributed by atoms with Crippen LogP contribution in [-0.4, -0.2) is 50.6 Å². The smallest absolute Gasteiger partial charge is 0.254 e. The number of hydrogen-bond donors (Lipinski definition) is 3. The predicted octanol–water partition coefficient (Wildman–Crippen LogP) is 4.03. The summed E-state index contributed by atoms with van der Waals surface area (Å²) in [6.45, 7) is 0.638. The maximum Gasteiger partial charge on any atom is 0.254 e. The third-order valence-corrected chi connectivity index (χ3v) is 5.78. The molecule has 1 aromatic heterocycles. The Kier molecular flexibility index (Phi) is 7.04. The molecule has 0 saturated heterocycles. The van der Waals surface area contributed by atoms with Gasteiger partial charge in [-0.2, -0.15) is 0 Å². The number of carbonyl (C=O) groups is 2. The molecule has 10 heteroatoms. The first-order chi connectivity index (χ1) is 16.5. The van der Waals surface area contributed by atoms with Crippen molar-refractivity contribution in [2.24, 2.45) is 0 Å². The van der Waals surface area contributed by atoms with E-state index in [0.717, 1.165) is 12.8 Å². The summed E-state index contributed by atoms with van der Waals surface area (Å²) in [5, 5.41) is 6.64. The average Bonchev–Trinajstić information content (AvgIpc) is 3.67. The second-order valence-electron chi connectivity index (χ2n) is 7.80. The topological polar surface area (TPSA) is 125 Å². The van der Waals surface area contributed by atoms with Crippen molar-refractivity contribution in [2.75, 3.05) is 38.4 Å². The third kappa shape index (κ3) is 4.85. The van der Waals surface area contributed by atoms with E-state index in [4.69, 9.17) is 31.5 Å². The van der Waals surface area contributed by atoms with Crippen molar-refractivity contribution < 1.29 is 23.8 Å². The fourth-order valence-corrected chi connectivity index (χ4v) is 3.70. The average molecular weight is 485 g/mol. The van der Waals surface area contributed by atoms with Crippen LogP contribution in [0, 0.1) is 0 Å². The molecule has 1 aliphatic rings. The van der Waals surface area contributed by atoms with E-state index in [1.165, 1.54) is 7.05 Å². The van der Waals surface area contributed by atoms with E-state index >= 15 is 0 Å². The van der Waals surface area contributed by atoms with Crippen molar-refractivity contribution in [3.05, 3.63) is 46.6 Å². The van der Waals surface area contributed by atoms with Gasteiger partial charge >= 0.3 is 0 Å². The Morgan fingerprint density at radius 3 is 2.71 bits per heavy atom. The van der Waals surface area contributed by atoms with E-state index in [2.05, 4.69) is 15.6 Å². The molecule has 34 heavy (non-hydrogen) atoms. The van der Waals surface area contributed by atoms with E-state index in [1.807, 2.05) is 0 Å². The summed E-state index contributed by atoms with van der Waals surface area (Å²) in [6, 6.07) is 6.78. The van der Waals surface area contributed by atoms with E-state index in [-0.39, 0.29) is 35.0 Å². The van der Waals surface area contributed by atoms with Crippen molar-refractivity contribution >= 4 is 46.1 Å². The Bertz CT molecular complexity index is 1250. The van der Waals surface area contributed by atoms with Crippen LogP contribution in [0.25, 0.3) is 10.9 Å². The maximum absolute atomic E-state index is 12.5. The molecule has 9 nitrogen and oxygen atoms in total. The van der Waals surface area contributed by atoms with Gasteiger partial charge < -0.3 is 30.6 Å².